The molecule has 154 valence electrons. The van der Waals surface area contributed by atoms with E-state index in [0.717, 1.165) is 11.1 Å². The van der Waals surface area contributed by atoms with Gasteiger partial charge in [-0.1, -0.05) is 42.0 Å². The van der Waals surface area contributed by atoms with Crippen molar-refractivity contribution >= 4 is 17.8 Å². The number of hydrogen-bond acceptors (Lipinski definition) is 5. The summed E-state index contributed by atoms with van der Waals surface area (Å²) in [4.78, 5) is 12.2. The number of nitrogens with two attached hydrogens (primary N) is 1. The van der Waals surface area contributed by atoms with Crippen LogP contribution in [0.5, 0.6) is 11.5 Å². The van der Waals surface area contributed by atoms with Crippen molar-refractivity contribution in [1.29, 1.82) is 0 Å². The van der Waals surface area contributed by atoms with Gasteiger partial charge in [-0.2, -0.15) is 5.10 Å². The summed E-state index contributed by atoms with van der Waals surface area (Å²) in [7, 11) is 0. The molecule has 0 radical (unpaired) electrons. The third kappa shape index (κ3) is 5.61. The summed E-state index contributed by atoms with van der Waals surface area (Å²) >= 11 is 0. The summed E-state index contributed by atoms with van der Waals surface area (Å²) in [6, 6.07) is 20.5. The van der Waals surface area contributed by atoms with Crippen molar-refractivity contribution in [2.75, 3.05) is 12.3 Å². The fourth-order valence-corrected chi connectivity index (χ4v) is 2.77. The lowest BCUT2D eigenvalue weighted by Gasteiger charge is -2.13. The van der Waals surface area contributed by atoms with Gasteiger partial charge in [0.1, 0.15) is 6.61 Å². The molecule has 0 saturated carbocycles. The van der Waals surface area contributed by atoms with Crippen LogP contribution in [0.15, 0.2) is 71.8 Å². The van der Waals surface area contributed by atoms with E-state index in [4.69, 9.17) is 15.2 Å². The number of para-hydroxylation sites is 1. The average Bonchev–Trinajstić information content (AvgIpc) is 2.75. The number of hydrogen-bond donors (Lipinski definition) is 2. The first-order chi connectivity index (χ1) is 14.6. The number of nitrogens with zero attached hydrogens (tertiary/aromatic N) is 1. The number of aryl methyl sites for hydroxylation is 1. The van der Waals surface area contributed by atoms with Crippen molar-refractivity contribution in [3.63, 3.8) is 0 Å². The largest absolute Gasteiger partial charge is 0.490 e. The normalized spacial score (nSPS) is 10.7. The van der Waals surface area contributed by atoms with Gasteiger partial charge in [0.2, 0.25) is 0 Å². The zero-order valence-corrected chi connectivity index (χ0v) is 17.1. The Kier molecular flexibility index (Phi) is 7.05. The predicted octanol–water partition coefficient (Wildman–Crippen LogP) is 4.32. The second-order valence-electron chi connectivity index (χ2n) is 6.70. The number of amides is 1. The number of nitrogens with one attached hydrogen (secondary N) is 1. The lowest BCUT2D eigenvalue weighted by molar-refractivity contribution is 0.0956. The van der Waals surface area contributed by atoms with E-state index in [1.807, 2.05) is 37.3 Å². The summed E-state index contributed by atoms with van der Waals surface area (Å²) in [6.07, 6.45) is 1.54. The van der Waals surface area contributed by atoms with Gasteiger partial charge < -0.3 is 15.2 Å². The standard InChI is InChI=1S/C24H25N3O3/c1-3-29-23-14-19(15-26-27-24(28)20-6-4-5-7-21(20)25)12-13-22(23)30-16-18-10-8-17(2)9-11-18/h4-15H,3,16,25H2,1-2H3,(H,27,28)/b26-15-. The molecule has 6 heteroatoms. The second-order valence-corrected chi connectivity index (χ2v) is 6.70. The molecule has 3 N–H and O–H groups in total. The van der Waals surface area contributed by atoms with E-state index in [0.29, 0.717) is 36.0 Å². The van der Waals surface area contributed by atoms with E-state index in [-0.39, 0.29) is 5.91 Å². The van der Waals surface area contributed by atoms with Crippen LogP contribution in [0.1, 0.15) is 34.0 Å². The molecule has 6 nitrogen and oxygen atoms in total. The fraction of sp³-hybridized carbons (Fsp3) is 0.167. The smallest absolute Gasteiger partial charge is 0.273 e. The Morgan fingerprint density at radius 2 is 1.80 bits per heavy atom. The summed E-state index contributed by atoms with van der Waals surface area (Å²) in [5, 5.41) is 4.02. The van der Waals surface area contributed by atoms with Crippen LogP contribution in [-0.4, -0.2) is 18.7 Å². The zero-order chi connectivity index (χ0) is 21.3. The van der Waals surface area contributed by atoms with Crippen molar-refractivity contribution in [2.24, 2.45) is 5.10 Å². The van der Waals surface area contributed by atoms with Gasteiger partial charge >= 0.3 is 0 Å². The average molecular weight is 403 g/mol. The molecule has 3 aromatic carbocycles. The van der Waals surface area contributed by atoms with E-state index in [2.05, 4.69) is 29.6 Å². The van der Waals surface area contributed by atoms with Gasteiger partial charge in [-0.3, -0.25) is 4.79 Å². The minimum atomic E-state index is -0.368. The van der Waals surface area contributed by atoms with E-state index in [1.54, 1.807) is 30.5 Å². The SMILES string of the molecule is CCOc1cc(/C=N\NC(=O)c2ccccc2N)ccc1OCc1ccc(C)cc1. The van der Waals surface area contributed by atoms with Gasteiger partial charge in [-0.15, -0.1) is 0 Å². The first kappa shape index (κ1) is 20.9. The van der Waals surface area contributed by atoms with Crippen LogP contribution in [0.3, 0.4) is 0 Å². The van der Waals surface area contributed by atoms with Crippen molar-refractivity contribution in [3.05, 3.63) is 89.0 Å². The maximum atomic E-state index is 12.2. The highest BCUT2D eigenvalue weighted by atomic mass is 16.5. The number of carbonyl (C=O) groups is 1. The third-order valence-corrected chi connectivity index (χ3v) is 4.37. The van der Waals surface area contributed by atoms with E-state index in [9.17, 15) is 4.79 Å². The predicted molar refractivity (Wildman–Crippen MR) is 119 cm³/mol. The molecule has 3 rings (SSSR count). The van der Waals surface area contributed by atoms with Crippen LogP contribution >= 0.6 is 0 Å². The lowest BCUT2D eigenvalue weighted by Crippen LogP contribution is -2.19. The zero-order valence-electron chi connectivity index (χ0n) is 17.1. The molecular formula is C24H25N3O3. The molecule has 0 fully saturated rings. The summed E-state index contributed by atoms with van der Waals surface area (Å²) in [5.41, 5.74) is 12.1. The molecule has 0 aliphatic carbocycles. The second kappa shape index (κ2) is 10.1. The molecule has 0 saturated heterocycles. The first-order valence-electron chi connectivity index (χ1n) is 9.70. The number of anilines is 1. The summed E-state index contributed by atoms with van der Waals surface area (Å²) in [5.74, 6) is 0.898. The molecule has 0 heterocycles. The van der Waals surface area contributed by atoms with Crippen molar-refractivity contribution in [3.8, 4) is 11.5 Å². The Morgan fingerprint density at radius 1 is 1.03 bits per heavy atom. The number of hydrazone groups is 1. The lowest BCUT2D eigenvalue weighted by atomic mass is 10.1. The summed E-state index contributed by atoms with van der Waals surface area (Å²) in [6.45, 7) is 4.91. The Balaban J connectivity index is 1.66. The molecule has 0 aromatic heterocycles. The van der Waals surface area contributed by atoms with Gasteiger partial charge in [0.05, 0.1) is 18.4 Å². The quantitative estimate of drug-likeness (QED) is 0.333. The molecule has 0 spiro atoms. The first-order valence-corrected chi connectivity index (χ1v) is 9.70. The molecule has 0 aliphatic rings. The van der Waals surface area contributed by atoms with E-state index in [1.165, 1.54) is 5.56 Å². The van der Waals surface area contributed by atoms with Gasteiger partial charge in [0.25, 0.3) is 5.91 Å². The number of carbonyl (C=O) groups excluding carboxylic acids is 1. The molecule has 0 unspecified atom stereocenters. The topological polar surface area (TPSA) is 85.9 Å². The minimum absolute atomic E-state index is 0.368. The molecule has 0 aliphatic heterocycles. The number of rotatable bonds is 8. The van der Waals surface area contributed by atoms with E-state index < -0.39 is 0 Å². The number of ether oxygens (including phenoxy) is 2. The number of benzene rings is 3. The molecule has 1 amide bonds. The maximum Gasteiger partial charge on any atom is 0.273 e. The Bertz CT molecular complexity index is 1030. The molecule has 30 heavy (non-hydrogen) atoms. The molecule has 0 bridgehead atoms. The molecular weight excluding hydrogens is 378 g/mol. The Morgan fingerprint density at radius 3 is 2.53 bits per heavy atom. The van der Waals surface area contributed by atoms with Gasteiger partial charge in [-0.05, 0) is 55.3 Å². The highest BCUT2D eigenvalue weighted by Gasteiger charge is 2.08. The molecule has 0 atom stereocenters. The Labute approximate surface area is 176 Å². The number of nitrogen functional groups attached to an aromatic ring is 1. The van der Waals surface area contributed by atoms with Crippen LogP contribution in [0.2, 0.25) is 0 Å². The van der Waals surface area contributed by atoms with Crippen LogP contribution in [0.4, 0.5) is 5.69 Å². The van der Waals surface area contributed by atoms with E-state index >= 15 is 0 Å². The third-order valence-electron chi connectivity index (χ3n) is 4.37. The van der Waals surface area contributed by atoms with Crippen molar-refractivity contribution in [1.82, 2.24) is 5.43 Å². The minimum Gasteiger partial charge on any atom is -0.490 e. The maximum absolute atomic E-state index is 12.2. The van der Waals surface area contributed by atoms with Crippen LogP contribution in [-0.2, 0) is 6.61 Å². The fourth-order valence-electron chi connectivity index (χ4n) is 2.77. The summed E-state index contributed by atoms with van der Waals surface area (Å²) < 4.78 is 11.6. The van der Waals surface area contributed by atoms with Crippen molar-refractivity contribution < 1.29 is 14.3 Å². The monoisotopic (exact) mass is 403 g/mol. The van der Waals surface area contributed by atoms with Crippen molar-refractivity contribution in [2.45, 2.75) is 20.5 Å². The highest BCUT2D eigenvalue weighted by Crippen LogP contribution is 2.29. The molecule has 3 aromatic rings. The van der Waals surface area contributed by atoms with Gasteiger partial charge in [-0.25, -0.2) is 5.43 Å². The van der Waals surface area contributed by atoms with Gasteiger partial charge in [0.15, 0.2) is 11.5 Å². The van der Waals surface area contributed by atoms with Crippen LogP contribution < -0.4 is 20.6 Å². The highest BCUT2D eigenvalue weighted by molar-refractivity contribution is 5.99. The van der Waals surface area contributed by atoms with Gasteiger partial charge in [0, 0.05) is 5.69 Å². The Hall–Kier alpha value is -3.80. The van der Waals surface area contributed by atoms with Crippen LogP contribution in [0.25, 0.3) is 0 Å². The van der Waals surface area contributed by atoms with Crippen LogP contribution in [0, 0.1) is 6.92 Å².